The van der Waals surface area contributed by atoms with E-state index >= 15 is 0 Å². The highest BCUT2D eigenvalue weighted by Gasteiger charge is 2.14. The van der Waals surface area contributed by atoms with Gasteiger partial charge in [-0.05, 0) is 23.8 Å². The Morgan fingerprint density at radius 1 is 1.12 bits per heavy atom. The summed E-state index contributed by atoms with van der Waals surface area (Å²) in [6.07, 6.45) is 3.85. The zero-order valence-corrected chi connectivity index (χ0v) is 18.6. The number of anilines is 3. The number of nitrogens with two attached hydrogens (primary N) is 1. The van der Waals surface area contributed by atoms with Gasteiger partial charge in [0.25, 0.3) is 0 Å². The molecule has 0 radical (unpaired) electrons. The van der Waals surface area contributed by atoms with Crippen LogP contribution in [0, 0.1) is 11.3 Å². The predicted molar refractivity (Wildman–Crippen MR) is 133 cm³/mol. The fourth-order valence-corrected chi connectivity index (χ4v) is 4.02. The number of nitrogens with zero attached hydrogens (tertiary/aromatic N) is 6. The SMILES string of the molecule is N#Cc1ccc(Cn2cc(/C=N/Nc3cc(N4CCOCC4)nc(N)n3)c3ccccc32)cc1. The van der Waals surface area contributed by atoms with Crippen molar-refractivity contribution in [3.63, 3.8) is 0 Å². The van der Waals surface area contributed by atoms with Gasteiger partial charge in [-0.25, -0.2) is 0 Å². The smallest absolute Gasteiger partial charge is 0.224 e. The summed E-state index contributed by atoms with van der Waals surface area (Å²) in [6.45, 7) is 3.55. The highest BCUT2D eigenvalue weighted by atomic mass is 16.5. The van der Waals surface area contributed by atoms with Crippen molar-refractivity contribution >= 4 is 34.7 Å². The van der Waals surface area contributed by atoms with Gasteiger partial charge in [-0.3, -0.25) is 5.43 Å². The number of hydrogen-bond acceptors (Lipinski definition) is 8. The first kappa shape index (κ1) is 21.4. The molecule has 0 unspecified atom stereocenters. The van der Waals surface area contributed by atoms with Gasteiger partial charge in [-0.15, -0.1) is 0 Å². The minimum atomic E-state index is 0.195. The molecule has 0 amide bonds. The minimum absolute atomic E-state index is 0.195. The summed E-state index contributed by atoms with van der Waals surface area (Å²) in [5.74, 6) is 1.49. The van der Waals surface area contributed by atoms with Gasteiger partial charge in [-0.1, -0.05) is 30.3 Å². The largest absolute Gasteiger partial charge is 0.378 e. The first-order valence-corrected chi connectivity index (χ1v) is 11.0. The summed E-state index contributed by atoms with van der Waals surface area (Å²) >= 11 is 0. The Morgan fingerprint density at radius 2 is 1.91 bits per heavy atom. The van der Waals surface area contributed by atoms with Gasteiger partial charge >= 0.3 is 0 Å². The number of para-hydroxylation sites is 1. The van der Waals surface area contributed by atoms with Crippen LogP contribution in [-0.2, 0) is 11.3 Å². The molecule has 0 saturated carbocycles. The Labute approximate surface area is 197 Å². The van der Waals surface area contributed by atoms with Crippen molar-refractivity contribution in [1.82, 2.24) is 14.5 Å². The zero-order chi connectivity index (χ0) is 23.3. The van der Waals surface area contributed by atoms with Gasteiger partial charge < -0.3 is 19.9 Å². The lowest BCUT2D eigenvalue weighted by molar-refractivity contribution is 0.122. The van der Waals surface area contributed by atoms with Gasteiger partial charge in [0.2, 0.25) is 5.95 Å². The number of nitriles is 1. The summed E-state index contributed by atoms with van der Waals surface area (Å²) in [5, 5.41) is 14.5. The second-order valence-corrected chi connectivity index (χ2v) is 7.98. The molecule has 3 heterocycles. The predicted octanol–water partition coefficient (Wildman–Crippen LogP) is 3.22. The van der Waals surface area contributed by atoms with Gasteiger partial charge in [0, 0.05) is 48.4 Å². The molecule has 1 fully saturated rings. The molecule has 2 aromatic heterocycles. The fraction of sp³-hybridized carbons (Fsp3) is 0.200. The molecular formula is C25H24N8O. The zero-order valence-electron chi connectivity index (χ0n) is 18.6. The Bertz CT molecular complexity index is 1360. The first-order chi connectivity index (χ1) is 16.7. The maximum atomic E-state index is 9.03. The molecule has 4 aromatic rings. The summed E-state index contributed by atoms with van der Waals surface area (Å²) in [6, 6.07) is 19.8. The number of hydrazone groups is 1. The Balaban J connectivity index is 1.36. The summed E-state index contributed by atoms with van der Waals surface area (Å²) in [4.78, 5) is 10.7. The summed E-state index contributed by atoms with van der Waals surface area (Å²) < 4.78 is 7.59. The Kier molecular flexibility index (Phi) is 6.05. The van der Waals surface area contributed by atoms with Crippen molar-refractivity contribution in [2.75, 3.05) is 42.4 Å². The molecule has 1 saturated heterocycles. The lowest BCUT2D eigenvalue weighted by Gasteiger charge is -2.27. The Morgan fingerprint density at radius 3 is 2.71 bits per heavy atom. The van der Waals surface area contributed by atoms with Crippen molar-refractivity contribution < 1.29 is 4.74 Å². The number of benzene rings is 2. The lowest BCUT2D eigenvalue weighted by Crippen LogP contribution is -2.36. The minimum Gasteiger partial charge on any atom is -0.378 e. The molecule has 5 rings (SSSR count). The average molecular weight is 453 g/mol. The lowest BCUT2D eigenvalue weighted by atomic mass is 10.1. The number of rotatable bonds is 6. The van der Waals surface area contributed by atoms with Crippen molar-refractivity contribution in [2.24, 2.45) is 5.10 Å². The van der Waals surface area contributed by atoms with Gasteiger partial charge in [0.15, 0.2) is 5.82 Å². The van der Waals surface area contributed by atoms with E-state index in [0.717, 1.165) is 40.9 Å². The molecule has 0 spiro atoms. The molecule has 1 aliphatic heterocycles. The number of fused-ring (bicyclic) bond motifs is 1. The molecule has 170 valence electrons. The maximum absolute atomic E-state index is 9.03. The highest BCUT2D eigenvalue weighted by molar-refractivity contribution is 5.99. The normalized spacial score (nSPS) is 13.9. The monoisotopic (exact) mass is 452 g/mol. The van der Waals surface area contributed by atoms with Crippen molar-refractivity contribution in [3.05, 3.63) is 77.5 Å². The van der Waals surface area contributed by atoms with Crippen LogP contribution in [0.15, 0.2) is 65.9 Å². The molecule has 34 heavy (non-hydrogen) atoms. The molecule has 0 atom stereocenters. The van der Waals surface area contributed by atoms with E-state index < -0.39 is 0 Å². The van der Waals surface area contributed by atoms with E-state index in [1.807, 2.05) is 42.5 Å². The standard InChI is InChI=1S/C25H24N8O/c26-14-18-5-7-19(8-6-18)16-33-17-20(21-3-1-2-4-22(21)33)15-28-31-23-13-24(30-25(27)29-23)32-9-11-34-12-10-32/h1-8,13,15,17H,9-12,16H2,(H3,27,29,30,31)/b28-15+. The van der Waals surface area contributed by atoms with Crippen LogP contribution in [0.25, 0.3) is 10.9 Å². The highest BCUT2D eigenvalue weighted by Crippen LogP contribution is 2.22. The third kappa shape index (κ3) is 4.67. The second-order valence-electron chi connectivity index (χ2n) is 7.98. The molecule has 3 N–H and O–H groups in total. The summed E-state index contributed by atoms with van der Waals surface area (Å²) in [7, 11) is 0. The van der Waals surface area contributed by atoms with Crippen LogP contribution >= 0.6 is 0 Å². The molecule has 1 aliphatic rings. The summed E-state index contributed by atoms with van der Waals surface area (Å²) in [5.41, 5.74) is 12.8. The number of hydrogen-bond donors (Lipinski definition) is 2. The molecular weight excluding hydrogens is 428 g/mol. The molecule has 9 nitrogen and oxygen atoms in total. The van der Waals surface area contributed by atoms with E-state index in [0.29, 0.717) is 31.1 Å². The quantitative estimate of drug-likeness (QED) is 0.341. The Hall–Kier alpha value is -4.42. The number of nitrogens with one attached hydrogen (secondary N) is 1. The van der Waals surface area contributed by atoms with Gasteiger partial charge in [0.05, 0.1) is 31.1 Å². The van der Waals surface area contributed by atoms with Crippen molar-refractivity contribution in [2.45, 2.75) is 6.54 Å². The number of aromatic nitrogens is 3. The van der Waals surface area contributed by atoms with Crippen LogP contribution in [0.2, 0.25) is 0 Å². The number of morpholine rings is 1. The van der Waals surface area contributed by atoms with E-state index in [1.165, 1.54) is 0 Å². The van der Waals surface area contributed by atoms with Crippen LogP contribution in [0.1, 0.15) is 16.7 Å². The van der Waals surface area contributed by atoms with Gasteiger partial charge in [0.1, 0.15) is 5.82 Å². The van der Waals surface area contributed by atoms with Crippen LogP contribution in [0.3, 0.4) is 0 Å². The third-order valence-electron chi connectivity index (χ3n) is 5.70. The van der Waals surface area contributed by atoms with Crippen molar-refractivity contribution in [1.29, 1.82) is 5.26 Å². The number of nitrogen functional groups attached to an aromatic ring is 1. The average Bonchev–Trinajstić information content (AvgIpc) is 3.22. The van der Waals surface area contributed by atoms with E-state index in [4.69, 9.17) is 15.7 Å². The van der Waals surface area contributed by atoms with Crippen molar-refractivity contribution in [3.8, 4) is 6.07 Å². The van der Waals surface area contributed by atoms with Crippen LogP contribution < -0.4 is 16.1 Å². The fourth-order valence-electron chi connectivity index (χ4n) is 4.02. The second kappa shape index (κ2) is 9.60. The van der Waals surface area contributed by atoms with Crippen LogP contribution in [0.5, 0.6) is 0 Å². The van der Waals surface area contributed by atoms with Crippen LogP contribution in [-0.4, -0.2) is 47.1 Å². The van der Waals surface area contributed by atoms with E-state index in [9.17, 15) is 0 Å². The topological polar surface area (TPSA) is 117 Å². The molecule has 2 aromatic carbocycles. The molecule has 9 heteroatoms. The van der Waals surface area contributed by atoms with Gasteiger partial charge in [-0.2, -0.15) is 20.3 Å². The van der Waals surface area contributed by atoms with E-state index in [2.05, 4.69) is 54.4 Å². The van der Waals surface area contributed by atoms with E-state index in [1.54, 1.807) is 6.21 Å². The van der Waals surface area contributed by atoms with Crippen LogP contribution in [0.4, 0.5) is 17.6 Å². The van der Waals surface area contributed by atoms with E-state index in [-0.39, 0.29) is 5.95 Å². The molecule has 0 bridgehead atoms. The first-order valence-electron chi connectivity index (χ1n) is 11.0. The number of ether oxygens (including phenoxy) is 1. The molecule has 0 aliphatic carbocycles. The maximum Gasteiger partial charge on any atom is 0.224 e. The third-order valence-corrected chi connectivity index (χ3v) is 5.70.